The topological polar surface area (TPSA) is 59.9 Å². The van der Waals surface area contributed by atoms with E-state index < -0.39 is 9.84 Å². The Morgan fingerprint density at radius 1 is 1.17 bits per heavy atom. The molecule has 1 aliphatic rings. The van der Waals surface area contributed by atoms with Crippen LogP contribution in [-0.2, 0) is 15.6 Å². The van der Waals surface area contributed by atoms with Crippen LogP contribution in [0, 0.1) is 0 Å². The van der Waals surface area contributed by atoms with Gasteiger partial charge < -0.3 is 0 Å². The summed E-state index contributed by atoms with van der Waals surface area (Å²) in [6.45, 7) is 0. The van der Waals surface area contributed by atoms with E-state index in [1.165, 1.54) is 0 Å². The summed E-state index contributed by atoms with van der Waals surface area (Å²) < 4.78 is 22.4. The smallest absolute Gasteiger partial charge is 0.154 e. The molecular weight excluding hydrogens is 295 g/mol. The number of hydrogen-bond donors (Lipinski definition) is 0. The first-order valence-corrected chi connectivity index (χ1v) is 8.58. The quantitative estimate of drug-likeness (QED) is 0.805. The van der Waals surface area contributed by atoms with Crippen LogP contribution in [0.5, 0.6) is 0 Å². The molecule has 1 fully saturated rings. The maximum absolute atomic E-state index is 11.2. The Morgan fingerprint density at radius 2 is 1.67 bits per heavy atom. The molecular formula is C11H14Cl2N2O2S. The lowest BCUT2D eigenvalue weighted by atomic mass is 10.0. The van der Waals surface area contributed by atoms with Gasteiger partial charge in [-0.1, -0.05) is 36.0 Å². The lowest BCUT2D eigenvalue weighted by Gasteiger charge is -2.13. The standard InChI is InChI=1S/C11H14Cl2N2O2S/c1-18(16,17)6-8-14-10(12)9(11(13)15-8)7-4-2-3-5-7/h7H,2-6H2,1H3. The van der Waals surface area contributed by atoms with E-state index in [-0.39, 0.29) is 11.6 Å². The Balaban J connectivity index is 2.34. The zero-order valence-corrected chi connectivity index (χ0v) is 12.3. The molecule has 0 aliphatic heterocycles. The maximum atomic E-state index is 11.2. The summed E-state index contributed by atoms with van der Waals surface area (Å²) in [5.41, 5.74) is 0.771. The van der Waals surface area contributed by atoms with Gasteiger partial charge in [0.2, 0.25) is 0 Å². The summed E-state index contributed by atoms with van der Waals surface area (Å²) in [5.74, 6) is 0.226. The molecule has 0 radical (unpaired) electrons. The molecule has 0 saturated heterocycles. The van der Waals surface area contributed by atoms with Crippen molar-refractivity contribution in [1.82, 2.24) is 9.97 Å². The molecule has 2 rings (SSSR count). The monoisotopic (exact) mass is 308 g/mol. The molecule has 100 valence electrons. The number of hydrogen-bond acceptors (Lipinski definition) is 4. The first-order chi connectivity index (χ1) is 8.37. The third kappa shape index (κ3) is 3.33. The van der Waals surface area contributed by atoms with Gasteiger partial charge in [-0.3, -0.25) is 0 Å². The van der Waals surface area contributed by atoms with Gasteiger partial charge in [-0.15, -0.1) is 0 Å². The first kappa shape index (κ1) is 14.0. The van der Waals surface area contributed by atoms with Crippen LogP contribution in [0.3, 0.4) is 0 Å². The Labute approximate surface area is 117 Å². The molecule has 1 saturated carbocycles. The van der Waals surface area contributed by atoms with Crippen LogP contribution in [0.1, 0.15) is 43.0 Å². The van der Waals surface area contributed by atoms with Gasteiger partial charge in [-0.25, -0.2) is 18.4 Å². The molecule has 1 heterocycles. The van der Waals surface area contributed by atoms with Gasteiger partial charge in [0.25, 0.3) is 0 Å². The highest BCUT2D eigenvalue weighted by atomic mass is 35.5. The average molecular weight is 309 g/mol. The van der Waals surface area contributed by atoms with Crippen molar-refractivity contribution < 1.29 is 8.42 Å². The lowest BCUT2D eigenvalue weighted by molar-refractivity contribution is 0.599. The Hall–Kier alpha value is -0.390. The SMILES string of the molecule is CS(=O)(=O)Cc1nc(Cl)c(C2CCCC2)c(Cl)n1. The Bertz CT molecular complexity index is 531. The predicted octanol–water partition coefficient (Wildman–Crippen LogP) is 2.99. The molecule has 1 aliphatic carbocycles. The summed E-state index contributed by atoms with van der Waals surface area (Å²) in [7, 11) is -3.18. The van der Waals surface area contributed by atoms with Crippen molar-refractivity contribution in [1.29, 1.82) is 0 Å². The first-order valence-electron chi connectivity index (χ1n) is 5.76. The van der Waals surface area contributed by atoms with E-state index in [1.54, 1.807) is 0 Å². The van der Waals surface area contributed by atoms with Crippen molar-refractivity contribution in [3.8, 4) is 0 Å². The van der Waals surface area contributed by atoms with Gasteiger partial charge in [0.1, 0.15) is 21.9 Å². The molecule has 0 bridgehead atoms. The van der Waals surface area contributed by atoms with Gasteiger partial charge in [0, 0.05) is 11.8 Å². The second kappa shape index (κ2) is 5.31. The van der Waals surface area contributed by atoms with Crippen LogP contribution in [0.2, 0.25) is 10.3 Å². The minimum absolute atomic E-state index is 0.161. The fourth-order valence-corrected chi connectivity index (χ4v) is 3.64. The minimum atomic E-state index is -3.18. The molecule has 0 N–H and O–H groups in total. The van der Waals surface area contributed by atoms with Gasteiger partial charge in [0.05, 0.1) is 0 Å². The fraction of sp³-hybridized carbons (Fsp3) is 0.636. The highest BCUT2D eigenvalue weighted by molar-refractivity contribution is 7.89. The number of rotatable bonds is 3. The van der Waals surface area contributed by atoms with E-state index in [2.05, 4.69) is 9.97 Å². The highest BCUT2D eigenvalue weighted by Crippen LogP contribution is 2.39. The molecule has 0 atom stereocenters. The fourth-order valence-electron chi connectivity index (χ4n) is 2.31. The van der Waals surface area contributed by atoms with Crippen molar-refractivity contribution >= 4 is 33.0 Å². The van der Waals surface area contributed by atoms with E-state index in [0.29, 0.717) is 16.2 Å². The average Bonchev–Trinajstić information content (AvgIpc) is 2.66. The molecule has 0 unspecified atom stereocenters. The summed E-state index contributed by atoms with van der Waals surface area (Å²) in [4.78, 5) is 8.11. The zero-order chi connectivity index (χ0) is 13.3. The third-order valence-electron chi connectivity index (χ3n) is 3.05. The van der Waals surface area contributed by atoms with Crippen LogP contribution in [0.15, 0.2) is 0 Å². The number of halogens is 2. The van der Waals surface area contributed by atoms with Gasteiger partial charge in [0.15, 0.2) is 9.84 Å². The van der Waals surface area contributed by atoms with Crippen molar-refractivity contribution in [2.75, 3.05) is 6.26 Å². The highest BCUT2D eigenvalue weighted by Gasteiger charge is 2.24. The molecule has 1 aromatic rings. The van der Waals surface area contributed by atoms with Crippen LogP contribution < -0.4 is 0 Å². The molecule has 0 amide bonds. The molecule has 7 heteroatoms. The molecule has 1 aromatic heterocycles. The number of nitrogens with zero attached hydrogens (tertiary/aromatic N) is 2. The third-order valence-corrected chi connectivity index (χ3v) is 4.41. The van der Waals surface area contributed by atoms with E-state index in [9.17, 15) is 8.42 Å². The Kier molecular flexibility index (Phi) is 4.14. The van der Waals surface area contributed by atoms with Gasteiger partial charge >= 0.3 is 0 Å². The predicted molar refractivity (Wildman–Crippen MR) is 71.8 cm³/mol. The molecule has 18 heavy (non-hydrogen) atoms. The normalized spacial score (nSPS) is 17.3. The van der Waals surface area contributed by atoms with Crippen LogP contribution in [-0.4, -0.2) is 24.6 Å². The largest absolute Gasteiger partial charge is 0.229 e. The maximum Gasteiger partial charge on any atom is 0.154 e. The van der Waals surface area contributed by atoms with E-state index in [1.807, 2.05) is 0 Å². The van der Waals surface area contributed by atoms with Crippen molar-refractivity contribution in [3.63, 3.8) is 0 Å². The lowest BCUT2D eigenvalue weighted by Crippen LogP contribution is -2.08. The number of aromatic nitrogens is 2. The van der Waals surface area contributed by atoms with Crippen LogP contribution in [0.25, 0.3) is 0 Å². The summed E-state index contributed by atoms with van der Waals surface area (Å²) in [5, 5.41) is 0.584. The van der Waals surface area contributed by atoms with Crippen molar-refractivity contribution in [2.45, 2.75) is 37.4 Å². The summed E-state index contributed by atoms with van der Waals surface area (Å²) in [6, 6.07) is 0. The second-order valence-corrected chi connectivity index (χ2v) is 7.54. The van der Waals surface area contributed by atoms with Crippen LogP contribution in [0.4, 0.5) is 0 Å². The van der Waals surface area contributed by atoms with E-state index in [0.717, 1.165) is 37.5 Å². The van der Waals surface area contributed by atoms with Gasteiger partial charge in [-0.2, -0.15) is 0 Å². The van der Waals surface area contributed by atoms with E-state index in [4.69, 9.17) is 23.2 Å². The number of sulfone groups is 1. The summed E-state index contributed by atoms with van der Waals surface area (Å²) >= 11 is 12.2. The Morgan fingerprint density at radius 3 is 2.11 bits per heavy atom. The molecule has 0 aromatic carbocycles. The van der Waals surface area contributed by atoms with E-state index >= 15 is 0 Å². The van der Waals surface area contributed by atoms with Crippen LogP contribution >= 0.6 is 23.2 Å². The minimum Gasteiger partial charge on any atom is -0.229 e. The molecule has 4 nitrogen and oxygen atoms in total. The van der Waals surface area contributed by atoms with Crippen molar-refractivity contribution in [2.24, 2.45) is 0 Å². The van der Waals surface area contributed by atoms with Gasteiger partial charge in [-0.05, 0) is 18.8 Å². The van der Waals surface area contributed by atoms with Crippen molar-refractivity contribution in [3.05, 3.63) is 21.7 Å². The zero-order valence-electron chi connectivity index (χ0n) is 9.99. The molecule has 0 spiro atoms. The summed E-state index contributed by atoms with van der Waals surface area (Å²) in [6.07, 6.45) is 5.51. The second-order valence-electron chi connectivity index (χ2n) is 4.69.